The van der Waals surface area contributed by atoms with Gasteiger partial charge in [0.05, 0.1) is 5.70 Å². The van der Waals surface area contributed by atoms with Crippen LogP contribution in [0.5, 0.6) is 0 Å². The zero-order valence-electron chi connectivity index (χ0n) is 26.5. The van der Waals surface area contributed by atoms with Crippen LogP contribution in [-0.4, -0.2) is 11.9 Å². The van der Waals surface area contributed by atoms with Crippen molar-refractivity contribution in [1.29, 1.82) is 10.5 Å². The maximum absolute atomic E-state index is 9.48. The molecule has 3 aromatic rings. The fraction of sp³-hybridized carbons (Fsp3) is 0.231. The quantitative estimate of drug-likeness (QED) is 0.275. The van der Waals surface area contributed by atoms with Crippen LogP contribution in [-0.2, 0) is 10.2 Å². The van der Waals surface area contributed by atoms with Crippen LogP contribution >= 0.6 is 0 Å². The number of anilines is 2. The Morgan fingerprint density at radius 3 is 2.11 bits per heavy atom. The summed E-state index contributed by atoms with van der Waals surface area (Å²) in [5.41, 5.74) is 5.72. The normalized spacial score (nSPS) is 18.4. The van der Waals surface area contributed by atoms with Gasteiger partial charge in [0.2, 0.25) is 0 Å². The summed E-state index contributed by atoms with van der Waals surface area (Å²) in [6.45, 7) is 10.6. The summed E-state index contributed by atoms with van der Waals surface area (Å²) in [5, 5.41) is 19.0. The fourth-order valence-electron chi connectivity index (χ4n) is 6.14. The van der Waals surface area contributed by atoms with Gasteiger partial charge in [0.25, 0.3) is 0 Å². The van der Waals surface area contributed by atoms with Crippen LogP contribution in [0.3, 0.4) is 0 Å². The smallest absolute Gasteiger partial charge is 0.137 e. The molecule has 2 aliphatic heterocycles. The van der Waals surface area contributed by atoms with Crippen LogP contribution in [0.4, 0.5) is 11.4 Å². The molecule has 3 aliphatic rings. The molecular weight excluding hydrogens is 556 g/mol. The number of likely N-dealkylation sites (N-methyl/N-ethyl adjacent to an activating group) is 1. The molecule has 6 nitrogen and oxygen atoms in total. The number of hydrogen-bond donors (Lipinski definition) is 0. The molecule has 2 aromatic carbocycles. The molecule has 1 aliphatic carbocycles. The molecule has 0 bridgehead atoms. The summed E-state index contributed by atoms with van der Waals surface area (Å²) in [5.74, 6) is 2.88. The van der Waals surface area contributed by atoms with Gasteiger partial charge in [-0.2, -0.15) is 10.5 Å². The summed E-state index contributed by atoms with van der Waals surface area (Å²) in [6.07, 6.45) is 11.7. The van der Waals surface area contributed by atoms with Crippen molar-refractivity contribution in [2.75, 3.05) is 11.9 Å². The van der Waals surface area contributed by atoms with Crippen LogP contribution in [0.2, 0.25) is 0 Å². The van der Waals surface area contributed by atoms with Crippen LogP contribution in [0.25, 0.3) is 6.08 Å². The van der Waals surface area contributed by atoms with Crippen molar-refractivity contribution >= 4 is 17.5 Å². The van der Waals surface area contributed by atoms with Crippen LogP contribution < -0.4 is 4.90 Å². The second kappa shape index (κ2) is 11.2. The monoisotopic (exact) mass is 592 g/mol. The number of para-hydroxylation sites is 2. The van der Waals surface area contributed by atoms with Gasteiger partial charge in [-0.15, -0.1) is 0 Å². The second-order valence-electron chi connectivity index (χ2n) is 13.1. The molecule has 0 amide bonds. The Labute approximate surface area is 265 Å². The lowest BCUT2D eigenvalue weighted by Crippen LogP contribution is -2.30. The molecule has 0 radical (unpaired) electrons. The van der Waals surface area contributed by atoms with Crippen molar-refractivity contribution in [2.24, 2.45) is 5.41 Å². The van der Waals surface area contributed by atoms with Crippen molar-refractivity contribution in [3.8, 4) is 12.1 Å². The Morgan fingerprint density at radius 2 is 1.53 bits per heavy atom. The van der Waals surface area contributed by atoms with Gasteiger partial charge < -0.3 is 19.0 Å². The number of benzene rings is 2. The van der Waals surface area contributed by atoms with Gasteiger partial charge >= 0.3 is 0 Å². The number of rotatable bonds is 5. The average molecular weight is 593 g/mol. The van der Waals surface area contributed by atoms with E-state index in [4.69, 9.17) is 9.15 Å². The Kier molecular flexibility index (Phi) is 7.39. The van der Waals surface area contributed by atoms with Gasteiger partial charge in [-0.1, -0.05) is 71.0 Å². The van der Waals surface area contributed by atoms with Crippen molar-refractivity contribution in [1.82, 2.24) is 4.90 Å². The van der Waals surface area contributed by atoms with E-state index in [1.54, 1.807) is 12.2 Å². The first-order valence-electron chi connectivity index (χ1n) is 15.1. The molecule has 224 valence electrons. The molecule has 45 heavy (non-hydrogen) atoms. The minimum atomic E-state index is -0.304. The van der Waals surface area contributed by atoms with E-state index in [1.807, 2.05) is 57.2 Å². The Balaban J connectivity index is 1.33. The number of nitriles is 2. The molecule has 1 unspecified atom stereocenters. The molecule has 1 atom stereocenters. The Morgan fingerprint density at radius 1 is 0.911 bits per heavy atom. The highest BCUT2D eigenvalue weighted by Crippen LogP contribution is 2.55. The number of hydrogen-bond acceptors (Lipinski definition) is 6. The highest BCUT2D eigenvalue weighted by atomic mass is 16.5. The average Bonchev–Trinajstić information content (AvgIpc) is 3.54. The van der Waals surface area contributed by atoms with Gasteiger partial charge in [-0.25, -0.2) is 0 Å². The predicted molar refractivity (Wildman–Crippen MR) is 177 cm³/mol. The van der Waals surface area contributed by atoms with Crippen molar-refractivity contribution in [3.05, 3.63) is 148 Å². The number of fused-ring (bicyclic) bond motifs is 3. The molecule has 0 N–H and O–H groups in total. The highest BCUT2D eigenvalue weighted by Gasteiger charge is 2.48. The molecule has 0 saturated carbocycles. The highest BCUT2D eigenvalue weighted by molar-refractivity contribution is 5.71. The summed E-state index contributed by atoms with van der Waals surface area (Å²) in [6, 6.07) is 26.9. The molecule has 0 spiro atoms. The maximum Gasteiger partial charge on any atom is 0.137 e. The van der Waals surface area contributed by atoms with E-state index in [-0.39, 0.29) is 22.4 Å². The molecule has 0 saturated heterocycles. The zero-order valence-corrected chi connectivity index (χ0v) is 26.5. The third kappa shape index (κ3) is 5.41. The molecule has 3 heterocycles. The summed E-state index contributed by atoms with van der Waals surface area (Å²) >= 11 is 0. The first-order chi connectivity index (χ1) is 21.5. The molecule has 1 aromatic heterocycles. The van der Waals surface area contributed by atoms with Crippen molar-refractivity contribution < 1.29 is 9.15 Å². The molecule has 6 rings (SSSR count). The molecule has 0 fully saturated rings. The predicted octanol–water partition coefficient (Wildman–Crippen LogP) is 9.36. The lowest BCUT2D eigenvalue weighted by Gasteiger charge is -2.37. The van der Waals surface area contributed by atoms with Gasteiger partial charge in [0.1, 0.15) is 46.8 Å². The summed E-state index contributed by atoms with van der Waals surface area (Å²) < 4.78 is 12.7. The first kappa shape index (κ1) is 29.6. The van der Waals surface area contributed by atoms with Gasteiger partial charge in [-0.3, -0.25) is 0 Å². The minimum Gasteiger partial charge on any atom is -0.461 e. The van der Waals surface area contributed by atoms with E-state index in [1.165, 1.54) is 5.57 Å². The van der Waals surface area contributed by atoms with E-state index >= 15 is 0 Å². The van der Waals surface area contributed by atoms with E-state index < -0.39 is 0 Å². The van der Waals surface area contributed by atoms with Crippen LogP contribution in [0, 0.1) is 28.1 Å². The minimum absolute atomic E-state index is 0.0294. The topological polar surface area (TPSA) is 76.4 Å². The van der Waals surface area contributed by atoms with Gasteiger partial charge in [-0.05, 0) is 66.3 Å². The number of furan rings is 1. The van der Waals surface area contributed by atoms with E-state index in [0.717, 1.165) is 28.4 Å². The van der Waals surface area contributed by atoms with Crippen molar-refractivity contribution in [2.45, 2.75) is 46.1 Å². The first-order valence-corrected chi connectivity index (χ1v) is 15.1. The Bertz CT molecular complexity index is 1860. The third-order valence-electron chi connectivity index (χ3n) is 8.53. The standard InChI is InChI=1S/C39H36N4O2/c1-38(2,3)35-20-26(27(23-40)24-41)19-31(44-35)17-18-32-22-34-37(45-32)36-33(39(34,4)5)21-30(25-42(36)6)43(28-13-9-7-10-14-28)29-15-11-8-12-16-29/h7-22,25,36H,1-6H3/b18-17+. The van der Waals surface area contributed by atoms with E-state index in [0.29, 0.717) is 22.9 Å². The number of allylic oxidation sites excluding steroid dienone is 7. The second-order valence-corrected chi connectivity index (χ2v) is 13.1. The fourth-order valence-corrected chi connectivity index (χ4v) is 6.14. The lowest BCUT2D eigenvalue weighted by molar-refractivity contribution is 0.223. The third-order valence-corrected chi connectivity index (χ3v) is 8.53. The van der Waals surface area contributed by atoms with E-state index in [2.05, 4.69) is 97.6 Å². The van der Waals surface area contributed by atoms with Crippen molar-refractivity contribution in [3.63, 3.8) is 0 Å². The van der Waals surface area contributed by atoms with Crippen LogP contribution in [0.15, 0.2) is 136 Å². The SMILES string of the molecule is CN1C=C(N(c2ccccc2)c2ccccc2)C=C2C1c1oc(/C=C/C3=CC(=C(C#N)C#N)C=C(C(C)(C)C)O3)cc1C2(C)C. The zero-order chi connectivity index (χ0) is 31.9. The van der Waals surface area contributed by atoms with E-state index in [9.17, 15) is 10.5 Å². The largest absolute Gasteiger partial charge is 0.461 e. The summed E-state index contributed by atoms with van der Waals surface area (Å²) in [4.78, 5) is 4.53. The van der Waals surface area contributed by atoms with Gasteiger partial charge in [0.15, 0.2) is 0 Å². The number of nitrogens with zero attached hydrogens (tertiary/aromatic N) is 4. The molecular formula is C39H36N4O2. The van der Waals surface area contributed by atoms with Gasteiger partial charge in [0, 0.05) is 46.6 Å². The number of ether oxygens (including phenoxy) is 1. The van der Waals surface area contributed by atoms with Crippen LogP contribution in [0.1, 0.15) is 57.7 Å². The lowest BCUT2D eigenvalue weighted by atomic mass is 9.81. The summed E-state index contributed by atoms with van der Waals surface area (Å²) in [7, 11) is 2.10. The maximum atomic E-state index is 9.48. The molecule has 6 heteroatoms. The Hall–Kier alpha value is -5.46.